The minimum absolute atomic E-state index is 0. The average molecular weight is 828 g/mol. The highest BCUT2D eigenvalue weighted by Gasteiger charge is 2.25. The first-order valence-corrected chi connectivity index (χ1v) is 18.5. The molecule has 2 N–H and O–H groups in total. The number of ether oxygens (including phenoxy) is 5. The summed E-state index contributed by atoms with van der Waals surface area (Å²) in [5, 5.41) is 0. The maximum absolute atomic E-state index is 13.4. The van der Waals surface area contributed by atoms with Gasteiger partial charge in [0.1, 0.15) is 11.5 Å². The van der Waals surface area contributed by atoms with Crippen molar-refractivity contribution in [3.63, 3.8) is 0 Å². The van der Waals surface area contributed by atoms with Crippen molar-refractivity contribution in [3.8, 4) is 51.0 Å². The summed E-state index contributed by atoms with van der Waals surface area (Å²) in [6.45, 7) is 10.3. The van der Waals surface area contributed by atoms with E-state index in [0.29, 0.717) is 41.5 Å². The van der Waals surface area contributed by atoms with Crippen molar-refractivity contribution >= 4 is 36.6 Å². The Morgan fingerprint density at radius 2 is 0.825 bits per heavy atom. The van der Waals surface area contributed by atoms with Gasteiger partial charge in [0.15, 0.2) is 11.5 Å². The van der Waals surface area contributed by atoms with Gasteiger partial charge in [0.25, 0.3) is 11.8 Å². The molecule has 0 saturated carbocycles. The van der Waals surface area contributed by atoms with Gasteiger partial charge in [-0.3, -0.25) is 19.4 Å². The lowest BCUT2D eigenvalue weighted by Gasteiger charge is -2.37. The van der Waals surface area contributed by atoms with Gasteiger partial charge < -0.3 is 39.0 Å². The molecule has 4 aromatic carbocycles. The van der Waals surface area contributed by atoms with Crippen molar-refractivity contribution in [2.24, 2.45) is 0 Å². The molecule has 14 heteroatoms. The first kappa shape index (κ1) is 46.7. The van der Waals surface area contributed by atoms with Crippen LogP contribution < -0.4 is 23.7 Å². The summed E-state index contributed by atoms with van der Waals surface area (Å²) in [5.41, 5.74) is 6.18. The van der Waals surface area contributed by atoms with Crippen LogP contribution in [-0.4, -0.2) is 138 Å². The summed E-state index contributed by atoms with van der Waals surface area (Å²) in [7, 11) is 8.09. The lowest BCUT2D eigenvalue weighted by molar-refractivity contribution is 0.0606. The molecule has 0 aliphatic carbocycles. The fraction of sp³-hybridized carbons (Fsp3) is 0.395. The Morgan fingerprint density at radius 1 is 0.491 bits per heavy atom. The number of methoxy groups -OCH3 is 5. The van der Waals surface area contributed by atoms with E-state index in [4.69, 9.17) is 23.7 Å². The first-order chi connectivity index (χ1) is 26.3. The van der Waals surface area contributed by atoms with Crippen molar-refractivity contribution in [2.45, 2.75) is 13.3 Å². The third-order valence-corrected chi connectivity index (χ3v) is 10.6. The van der Waals surface area contributed by atoms with Gasteiger partial charge in [-0.1, -0.05) is 24.3 Å². The molecule has 2 aliphatic heterocycles. The van der Waals surface area contributed by atoms with E-state index >= 15 is 0 Å². The highest BCUT2D eigenvalue weighted by Crippen LogP contribution is 2.41. The lowest BCUT2D eigenvalue weighted by Crippen LogP contribution is -2.50. The molecule has 0 aromatic heterocycles. The zero-order valence-corrected chi connectivity index (χ0v) is 35.3. The van der Waals surface area contributed by atoms with E-state index in [9.17, 15) is 9.59 Å². The van der Waals surface area contributed by atoms with Crippen LogP contribution in [0.25, 0.3) is 22.3 Å². The van der Waals surface area contributed by atoms with Crippen molar-refractivity contribution in [3.05, 3.63) is 89.5 Å². The van der Waals surface area contributed by atoms with Crippen LogP contribution in [0.1, 0.15) is 32.7 Å². The van der Waals surface area contributed by atoms with Crippen LogP contribution in [0.15, 0.2) is 72.8 Å². The Morgan fingerprint density at radius 3 is 1.14 bits per heavy atom. The highest BCUT2D eigenvalue weighted by molar-refractivity contribution is 5.95. The molecule has 2 fully saturated rings. The second-order valence-corrected chi connectivity index (χ2v) is 13.7. The monoisotopic (exact) mass is 826 g/mol. The average Bonchev–Trinajstić information content (AvgIpc) is 3.23. The second-order valence-electron chi connectivity index (χ2n) is 13.7. The number of nitrogens with zero attached hydrogens (tertiary/aromatic N) is 4. The molecule has 57 heavy (non-hydrogen) atoms. The van der Waals surface area contributed by atoms with Crippen LogP contribution in [0.4, 0.5) is 0 Å². The van der Waals surface area contributed by atoms with Gasteiger partial charge in [-0.2, -0.15) is 0 Å². The fourth-order valence-electron chi connectivity index (χ4n) is 7.34. The Kier molecular flexibility index (Phi) is 17.8. The number of hydrogen-bond donors (Lipinski definition) is 0. The number of rotatable bonds is 13. The van der Waals surface area contributed by atoms with Crippen molar-refractivity contribution in [1.82, 2.24) is 19.6 Å². The van der Waals surface area contributed by atoms with Crippen LogP contribution in [0, 0.1) is 6.92 Å². The van der Waals surface area contributed by atoms with E-state index in [-0.39, 0.29) is 42.1 Å². The topological polar surface area (TPSA) is 125 Å². The van der Waals surface area contributed by atoms with E-state index < -0.39 is 0 Å². The largest absolute Gasteiger partial charge is 0.496 e. The number of amides is 2. The van der Waals surface area contributed by atoms with Crippen molar-refractivity contribution in [1.29, 1.82) is 0 Å². The van der Waals surface area contributed by atoms with Crippen LogP contribution in [0.2, 0.25) is 0 Å². The number of piperazine rings is 2. The molecule has 2 saturated heterocycles. The van der Waals surface area contributed by atoms with Gasteiger partial charge in [0.05, 0.1) is 35.5 Å². The summed E-state index contributed by atoms with van der Waals surface area (Å²) in [5.74, 6) is 3.38. The van der Waals surface area contributed by atoms with Crippen LogP contribution in [-0.2, 0) is 0 Å². The predicted molar refractivity (Wildman–Crippen MR) is 229 cm³/mol. The summed E-state index contributed by atoms with van der Waals surface area (Å²) in [6, 6.07) is 23.3. The molecule has 2 aliphatic rings. The van der Waals surface area contributed by atoms with E-state index in [1.165, 1.54) is 0 Å². The Balaban J connectivity index is 0.00000290. The molecular formula is C43H56Cl2N4O8. The third-order valence-electron chi connectivity index (χ3n) is 10.6. The number of carbonyl (C=O) groups is 2. The van der Waals surface area contributed by atoms with Gasteiger partial charge in [-0.15, -0.1) is 24.8 Å². The van der Waals surface area contributed by atoms with Gasteiger partial charge in [0, 0.05) is 69.0 Å². The van der Waals surface area contributed by atoms with Crippen LogP contribution in [0.3, 0.4) is 0 Å². The van der Waals surface area contributed by atoms with Gasteiger partial charge in [-0.05, 0) is 97.2 Å². The summed E-state index contributed by atoms with van der Waals surface area (Å²) < 4.78 is 27.5. The Labute approximate surface area is 348 Å². The lowest BCUT2D eigenvalue weighted by atomic mass is 10.0. The van der Waals surface area contributed by atoms with E-state index in [2.05, 4.69) is 9.80 Å². The summed E-state index contributed by atoms with van der Waals surface area (Å²) in [6.07, 6.45) is 1.06. The molecule has 0 atom stereocenters. The van der Waals surface area contributed by atoms with E-state index in [1.807, 2.05) is 89.5 Å². The SMILES string of the molecule is COc1cc(-c2ccc(C(=O)N3CCN(CCCN4CCN(C(=O)c5ccc(-c6cc(OC)c(OC)c(OC)c6)cc5)CC4)CC3)cc2)cc(OC)c1C.Cl.Cl.O. The second kappa shape index (κ2) is 21.7. The summed E-state index contributed by atoms with van der Waals surface area (Å²) in [4.78, 5) is 35.5. The first-order valence-electron chi connectivity index (χ1n) is 18.5. The van der Waals surface area contributed by atoms with Gasteiger partial charge in [0.2, 0.25) is 5.75 Å². The molecule has 4 aromatic rings. The molecule has 2 amide bonds. The molecule has 0 spiro atoms. The van der Waals surface area contributed by atoms with E-state index in [1.54, 1.807) is 35.5 Å². The normalized spacial score (nSPS) is 14.4. The zero-order valence-electron chi connectivity index (χ0n) is 33.7. The molecule has 2 heterocycles. The Bertz CT molecular complexity index is 1860. The number of halogens is 2. The number of carbonyl (C=O) groups excluding carboxylic acids is 2. The fourth-order valence-corrected chi connectivity index (χ4v) is 7.34. The quantitative estimate of drug-likeness (QED) is 0.160. The molecule has 310 valence electrons. The molecule has 12 nitrogen and oxygen atoms in total. The third kappa shape index (κ3) is 10.8. The number of benzene rings is 4. The Hall–Kier alpha value is -4.72. The number of hydrogen-bond acceptors (Lipinski definition) is 9. The maximum atomic E-state index is 13.4. The molecule has 0 radical (unpaired) electrons. The molecule has 0 unspecified atom stereocenters. The predicted octanol–water partition coefficient (Wildman–Crippen LogP) is 6.00. The summed E-state index contributed by atoms with van der Waals surface area (Å²) >= 11 is 0. The standard InChI is InChI=1S/C43H52N4O7.2ClH.H2O/c1-30-37(50-2)26-35(27-38(30)51-3)31-8-12-33(13-9-31)42(48)46-22-18-44(19-23-46)16-7-17-45-20-24-47(25-21-45)43(49)34-14-10-32(11-15-34)36-28-39(52-4)41(54-6)40(29-36)53-5;;;/h8-15,26-29H,7,16-25H2,1-6H3;2*1H;1H2. The van der Waals surface area contributed by atoms with Gasteiger partial charge in [-0.25, -0.2) is 0 Å². The van der Waals surface area contributed by atoms with Crippen molar-refractivity contribution < 1.29 is 38.7 Å². The molecular weight excluding hydrogens is 771 g/mol. The molecule has 6 rings (SSSR count). The maximum Gasteiger partial charge on any atom is 0.253 e. The van der Waals surface area contributed by atoms with Crippen LogP contribution in [0.5, 0.6) is 28.7 Å². The van der Waals surface area contributed by atoms with E-state index in [0.717, 1.165) is 98.1 Å². The van der Waals surface area contributed by atoms with Crippen molar-refractivity contribution in [2.75, 3.05) is 101 Å². The molecule has 0 bridgehead atoms. The van der Waals surface area contributed by atoms with Crippen LogP contribution >= 0.6 is 24.8 Å². The highest BCUT2D eigenvalue weighted by atomic mass is 35.5. The smallest absolute Gasteiger partial charge is 0.253 e. The van der Waals surface area contributed by atoms with Gasteiger partial charge >= 0.3 is 0 Å². The zero-order chi connectivity index (χ0) is 38.2. The minimum Gasteiger partial charge on any atom is -0.496 e. The minimum atomic E-state index is 0.